The van der Waals surface area contributed by atoms with Gasteiger partial charge in [0.25, 0.3) is 5.91 Å². The number of aliphatic carboxylic acids is 1. The monoisotopic (exact) mass is 396 g/mol. The maximum Gasteiger partial charge on any atom is 0.323 e. The number of aromatic nitrogens is 1. The Morgan fingerprint density at radius 1 is 1.19 bits per heavy atom. The van der Waals surface area contributed by atoms with Gasteiger partial charge in [-0.3, -0.25) is 14.5 Å². The van der Waals surface area contributed by atoms with Crippen LogP contribution in [0.25, 0.3) is 27.9 Å². The fourth-order valence-electron chi connectivity index (χ4n) is 3.42. The van der Waals surface area contributed by atoms with E-state index in [1.54, 1.807) is 6.08 Å². The van der Waals surface area contributed by atoms with Gasteiger partial charge in [0.15, 0.2) is 0 Å². The van der Waals surface area contributed by atoms with Crippen molar-refractivity contribution in [3.8, 4) is 0 Å². The summed E-state index contributed by atoms with van der Waals surface area (Å²) in [6.07, 6.45) is 1.78. The van der Waals surface area contributed by atoms with Crippen molar-refractivity contribution in [3.63, 3.8) is 0 Å². The normalized spacial score (nSPS) is 16.2. The molecule has 0 aliphatic carbocycles. The van der Waals surface area contributed by atoms with Gasteiger partial charge in [-0.15, -0.1) is 0 Å². The number of thioether (sulfide) groups is 1. The summed E-state index contributed by atoms with van der Waals surface area (Å²) in [4.78, 5) is 25.0. The smallest absolute Gasteiger partial charge is 0.323 e. The van der Waals surface area contributed by atoms with E-state index in [-0.39, 0.29) is 10.2 Å². The van der Waals surface area contributed by atoms with Crippen LogP contribution < -0.4 is 0 Å². The molecule has 3 aromatic rings. The molecule has 0 radical (unpaired) electrons. The molecule has 0 spiro atoms. The minimum absolute atomic E-state index is 0.275. The zero-order valence-electron chi connectivity index (χ0n) is 14.5. The first kappa shape index (κ1) is 17.8. The Morgan fingerprint density at radius 3 is 2.67 bits per heavy atom. The number of para-hydroxylation sites is 1. The Balaban J connectivity index is 1.78. The number of aryl methyl sites for hydroxylation is 1. The largest absolute Gasteiger partial charge is 0.480 e. The van der Waals surface area contributed by atoms with Crippen molar-refractivity contribution in [1.29, 1.82) is 0 Å². The summed E-state index contributed by atoms with van der Waals surface area (Å²) < 4.78 is 2.54. The van der Waals surface area contributed by atoms with Gasteiger partial charge in [0, 0.05) is 28.4 Å². The molecule has 5 nitrogen and oxygen atoms in total. The standard InChI is InChI=1S/C20H16N2O3S2/c1-2-21-15-6-4-3-5-13(15)14-9-12(7-8-16(14)21)10-17-19(25)22(11-18(23)24)20(26)27-17/h3-10H,2,11H2,1H3,(H,23,24). The summed E-state index contributed by atoms with van der Waals surface area (Å²) in [6, 6.07) is 14.3. The Morgan fingerprint density at radius 2 is 1.93 bits per heavy atom. The maximum absolute atomic E-state index is 12.5. The van der Waals surface area contributed by atoms with Crippen LogP contribution in [-0.2, 0) is 16.1 Å². The molecule has 1 aliphatic heterocycles. The van der Waals surface area contributed by atoms with E-state index in [1.165, 1.54) is 10.9 Å². The van der Waals surface area contributed by atoms with Crippen molar-refractivity contribution in [3.05, 3.63) is 52.9 Å². The van der Waals surface area contributed by atoms with Crippen LogP contribution in [0.4, 0.5) is 0 Å². The van der Waals surface area contributed by atoms with Crippen LogP contribution in [0.3, 0.4) is 0 Å². The molecule has 0 unspecified atom stereocenters. The van der Waals surface area contributed by atoms with E-state index in [1.807, 2.05) is 18.2 Å². The molecule has 136 valence electrons. The summed E-state index contributed by atoms with van der Waals surface area (Å²) in [7, 11) is 0. The molecule has 1 aromatic heterocycles. The van der Waals surface area contributed by atoms with Crippen LogP contribution >= 0.6 is 24.0 Å². The number of thiocarbonyl (C=S) groups is 1. The van der Waals surface area contributed by atoms with Crippen molar-refractivity contribution in [2.75, 3.05) is 6.54 Å². The van der Waals surface area contributed by atoms with E-state index >= 15 is 0 Å². The first-order valence-electron chi connectivity index (χ1n) is 8.47. The summed E-state index contributed by atoms with van der Waals surface area (Å²) >= 11 is 6.29. The molecule has 2 heterocycles. The fraction of sp³-hybridized carbons (Fsp3) is 0.150. The minimum atomic E-state index is -1.08. The number of rotatable bonds is 4. The van der Waals surface area contributed by atoms with Gasteiger partial charge in [-0.25, -0.2) is 0 Å². The Kier molecular flexibility index (Phi) is 4.49. The number of carboxylic acids is 1. The molecule has 1 amide bonds. The molecule has 1 fully saturated rings. The topological polar surface area (TPSA) is 62.5 Å². The number of fused-ring (bicyclic) bond motifs is 3. The highest BCUT2D eigenvalue weighted by Crippen LogP contribution is 2.34. The fourth-order valence-corrected chi connectivity index (χ4v) is 4.68. The second-order valence-corrected chi connectivity index (χ2v) is 7.88. The lowest BCUT2D eigenvalue weighted by molar-refractivity contribution is -0.140. The van der Waals surface area contributed by atoms with Gasteiger partial charge in [-0.05, 0) is 36.8 Å². The van der Waals surface area contributed by atoms with Crippen LogP contribution in [0, 0.1) is 0 Å². The van der Waals surface area contributed by atoms with Crippen LogP contribution in [0.5, 0.6) is 0 Å². The second kappa shape index (κ2) is 6.83. The third-order valence-corrected chi connectivity index (χ3v) is 5.96. The van der Waals surface area contributed by atoms with Gasteiger partial charge < -0.3 is 9.67 Å². The van der Waals surface area contributed by atoms with Gasteiger partial charge in [0.1, 0.15) is 10.9 Å². The predicted molar refractivity (Wildman–Crippen MR) is 113 cm³/mol. The van der Waals surface area contributed by atoms with Crippen molar-refractivity contribution >= 4 is 68.1 Å². The Bertz CT molecular complexity index is 1150. The van der Waals surface area contributed by atoms with Crippen LogP contribution in [-0.4, -0.2) is 37.3 Å². The summed E-state index contributed by atoms with van der Waals surface area (Å²) in [5.41, 5.74) is 3.21. The average molecular weight is 396 g/mol. The molecule has 0 atom stereocenters. The van der Waals surface area contributed by atoms with E-state index in [4.69, 9.17) is 17.3 Å². The molecule has 1 N–H and O–H groups in total. The van der Waals surface area contributed by atoms with E-state index < -0.39 is 12.5 Å². The third kappa shape index (κ3) is 3.02. The lowest BCUT2D eigenvalue weighted by Gasteiger charge is -2.10. The molecule has 4 rings (SSSR count). The van der Waals surface area contributed by atoms with E-state index in [0.29, 0.717) is 4.91 Å². The second-order valence-electron chi connectivity index (χ2n) is 6.20. The number of carbonyl (C=O) groups is 2. The number of nitrogens with zero attached hydrogens (tertiary/aromatic N) is 2. The van der Waals surface area contributed by atoms with E-state index in [9.17, 15) is 9.59 Å². The SMILES string of the molecule is CCn1c2ccccc2c2cc(C=C3SC(=S)N(CC(=O)O)C3=O)ccc21. The number of hydrogen-bond acceptors (Lipinski definition) is 4. The number of amides is 1. The lowest BCUT2D eigenvalue weighted by Crippen LogP contribution is -2.33. The number of carboxylic acid groups (broad SMARTS) is 1. The molecular weight excluding hydrogens is 380 g/mol. The van der Waals surface area contributed by atoms with Gasteiger partial charge in [0.2, 0.25) is 0 Å². The highest BCUT2D eigenvalue weighted by Gasteiger charge is 2.33. The quantitative estimate of drug-likeness (QED) is 0.531. The summed E-state index contributed by atoms with van der Waals surface area (Å²) in [5.74, 6) is -1.44. The number of carbonyl (C=O) groups excluding carboxylic acids is 1. The van der Waals surface area contributed by atoms with Crippen molar-refractivity contribution in [1.82, 2.24) is 9.47 Å². The first-order valence-corrected chi connectivity index (χ1v) is 9.70. The minimum Gasteiger partial charge on any atom is -0.480 e. The Labute approximate surface area is 165 Å². The van der Waals surface area contributed by atoms with Gasteiger partial charge in [-0.1, -0.05) is 48.2 Å². The molecule has 1 aliphatic rings. The number of hydrogen-bond donors (Lipinski definition) is 1. The highest BCUT2D eigenvalue weighted by molar-refractivity contribution is 8.26. The Hall–Kier alpha value is -2.64. The van der Waals surface area contributed by atoms with Gasteiger partial charge in [0.05, 0.1) is 4.91 Å². The molecule has 0 saturated carbocycles. The van der Waals surface area contributed by atoms with Crippen LogP contribution in [0.15, 0.2) is 47.4 Å². The van der Waals surface area contributed by atoms with Crippen molar-refractivity contribution < 1.29 is 14.7 Å². The first-order chi connectivity index (χ1) is 13.0. The molecule has 2 aromatic carbocycles. The van der Waals surface area contributed by atoms with Crippen LogP contribution in [0.2, 0.25) is 0 Å². The zero-order valence-corrected chi connectivity index (χ0v) is 16.1. The molecule has 1 saturated heterocycles. The molecule has 27 heavy (non-hydrogen) atoms. The van der Waals surface area contributed by atoms with Gasteiger partial charge in [-0.2, -0.15) is 0 Å². The third-order valence-electron chi connectivity index (χ3n) is 4.58. The van der Waals surface area contributed by atoms with Crippen molar-refractivity contribution in [2.45, 2.75) is 13.5 Å². The lowest BCUT2D eigenvalue weighted by atomic mass is 10.1. The molecule has 7 heteroatoms. The van der Waals surface area contributed by atoms with E-state index in [2.05, 4.69) is 35.8 Å². The van der Waals surface area contributed by atoms with E-state index in [0.717, 1.165) is 39.7 Å². The highest BCUT2D eigenvalue weighted by atomic mass is 32.2. The van der Waals surface area contributed by atoms with Crippen LogP contribution in [0.1, 0.15) is 12.5 Å². The zero-order chi connectivity index (χ0) is 19.1. The summed E-state index contributed by atoms with van der Waals surface area (Å²) in [5, 5.41) is 11.2. The van der Waals surface area contributed by atoms with Crippen molar-refractivity contribution in [2.24, 2.45) is 0 Å². The predicted octanol–water partition coefficient (Wildman–Crippen LogP) is 4.10. The summed E-state index contributed by atoms with van der Waals surface area (Å²) in [6.45, 7) is 2.58. The maximum atomic E-state index is 12.5. The molecule has 0 bridgehead atoms. The molecular formula is C20H16N2O3S2. The number of benzene rings is 2. The average Bonchev–Trinajstić information content (AvgIpc) is 3.10. The van der Waals surface area contributed by atoms with Gasteiger partial charge >= 0.3 is 5.97 Å².